The lowest BCUT2D eigenvalue weighted by molar-refractivity contribution is 0.290. The Labute approximate surface area is 127 Å². The third-order valence-electron chi connectivity index (χ3n) is 2.68. The highest BCUT2D eigenvalue weighted by atomic mass is 35.5. The first-order valence-electron chi connectivity index (χ1n) is 6.14. The highest BCUT2D eigenvalue weighted by molar-refractivity contribution is 6.37. The summed E-state index contributed by atoms with van der Waals surface area (Å²) in [6, 6.07) is 5.23. The third kappa shape index (κ3) is 3.62. The molecular weight excluding hydrogens is 299 g/mol. The monoisotopic (exact) mass is 314 g/mol. The molecule has 2 N–H and O–H groups in total. The van der Waals surface area contributed by atoms with Gasteiger partial charge in [-0.15, -0.1) is 5.10 Å². The second-order valence-corrected chi connectivity index (χ2v) is 5.80. The van der Waals surface area contributed by atoms with E-state index in [9.17, 15) is 0 Å². The minimum Gasteiger partial charge on any atom is -0.489 e. The topological polar surface area (TPSA) is 66.0 Å². The van der Waals surface area contributed by atoms with Crippen molar-refractivity contribution in [1.29, 1.82) is 0 Å². The molecule has 0 atom stereocenters. The van der Waals surface area contributed by atoms with E-state index in [1.54, 1.807) is 29.1 Å². The van der Waals surface area contributed by atoms with Crippen LogP contribution in [0.3, 0.4) is 0 Å². The van der Waals surface area contributed by atoms with Gasteiger partial charge in [-0.05, 0) is 26.0 Å². The van der Waals surface area contributed by atoms with Crippen molar-refractivity contribution in [3.63, 3.8) is 0 Å². The van der Waals surface area contributed by atoms with Gasteiger partial charge in [-0.2, -0.15) is 0 Å². The van der Waals surface area contributed by atoms with Crippen LogP contribution in [0, 0.1) is 0 Å². The van der Waals surface area contributed by atoms with Crippen LogP contribution in [-0.4, -0.2) is 21.6 Å². The Kier molecular flexibility index (Phi) is 4.52. The number of ether oxygens (including phenoxy) is 1. The maximum atomic E-state index is 6.01. The van der Waals surface area contributed by atoms with Gasteiger partial charge in [-0.25, -0.2) is 4.68 Å². The summed E-state index contributed by atoms with van der Waals surface area (Å²) in [7, 11) is 0. The lowest BCUT2D eigenvalue weighted by atomic mass is 10.0. The lowest BCUT2D eigenvalue weighted by Gasteiger charge is -2.13. The molecule has 0 amide bonds. The molecule has 1 aromatic heterocycles. The first-order chi connectivity index (χ1) is 9.38. The number of rotatable bonds is 5. The van der Waals surface area contributed by atoms with Crippen LogP contribution in [0.25, 0.3) is 0 Å². The number of aromatic nitrogens is 3. The van der Waals surface area contributed by atoms with Crippen molar-refractivity contribution < 1.29 is 4.74 Å². The fourth-order valence-electron chi connectivity index (χ4n) is 1.56. The maximum Gasteiger partial charge on any atom is 0.156 e. The zero-order valence-corrected chi connectivity index (χ0v) is 12.8. The minimum atomic E-state index is -0.509. The van der Waals surface area contributed by atoms with Gasteiger partial charge in [0.1, 0.15) is 12.3 Å². The molecule has 0 aliphatic carbocycles. The molecule has 1 aromatic carbocycles. The largest absolute Gasteiger partial charge is 0.489 e. The standard InChI is InChI=1S/C13H16Cl2N4O/c1-13(2,16)11-8-19(18-17-11)6-7-20-12-9(14)4-3-5-10(12)15/h3-5,8H,6-7,16H2,1-2H3. The number of hydrogen-bond acceptors (Lipinski definition) is 4. The van der Waals surface area contributed by atoms with Crippen LogP contribution in [0.1, 0.15) is 19.5 Å². The molecule has 2 aromatic rings. The Balaban J connectivity index is 1.95. The molecule has 0 aliphatic heterocycles. The van der Waals surface area contributed by atoms with Gasteiger partial charge in [0.15, 0.2) is 5.75 Å². The summed E-state index contributed by atoms with van der Waals surface area (Å²) < 4.78 is 7.26. The summed E-state index contributed by atoms with van der Waals surface area (Å²) in [6.45, 7) is 4.67. The molecule has 5 nitrogen and oxygen atoms in total. The molecule has 0 saturated heterocycles. The molecular formula is C13H16Cl2N4O. The van der Waals surface area contributed by atoms with Crippen LogP contribution in [0.5, 0.6) is 5.75 Å². The smallest absolute Gasteiger partial charge is 0.156 e. The Morgan fingerprint density at radius 3 is 2.50 bits per heavy atom. The van der Waals surface area contributed by atoms with Gasteiger partial charge in [-0.3, -0.25) is 0 Å². The number of benzene rings is 1. The van der Waals surface area contributed by atoms with E-state index in [1.165, 1.54) is 0 Å². The second-order valence-electron chi connectivity index (χ2n) is 4.99. The van der Waals surface area contributed by atoms with E-state index in [-0.39, 0.29) is 0 Å². The van der Waals surface area contributed by atoms with Crippen LogP contribution in [0.2, 0.25) is 10.0 Å². The second kappa shape index (κ2) is 5.99. The van der Waals surface area contributed by atoms with Gasteiger partial charge in [0.05, 0.1) is 28.3 Å². The molecule has 108 valence electrons. The number of halogens is 2. The molecule has 1 heterocycles. The Hall–Kier alpha value is -1.30. The van der Waals surface area contributed by atoms with E-state index in [2.05, 4.69) is 10.3 Å². The predicted molar refractivity (Wildman–Crippen MR) is 79.2 cm³/mol. The normalized spacial score (nSPS) is 11.7. The summed E-state index contributed by atoms with van der Waals surface area (Å²) in [4.78, 5) is 0. The molecule has 0 aliphatic rings. The van der Waals surface area contributed by atoms with E-state index < -0.39 is 5.54 Å². The molecule has 0 saturated carbocycles. The summed E-state index contributed by atoms with van der Waals surface area (Å²) in [6.07, 6.45) is 1.80. The highest BCUT2D eigenvalue weighted by Gasteiger charge is 2.18. The summed E-state index contributed by atoms with van der Waals surface area (Å²) in [5.74, 6) is 0.482. The SMILES string of the molecule is CC(C)(N)c1cn(CCOc2c(Cl)cccc2Cl)nn1. The fraction of sp³-hybridized carbons (Fsp3) is 0.385. The quantitative estimate of drug-likeness (QED) is 0.921. The van der Waals surface area contributed by atoms with Crippen molar-refractivity contribution in [3.05, 3.63) is 40.1 Å². The molecule has 0 fully saturated rings. The van der Waals surface area contributed by atoms with Crippen molar-refractivity contribution in [2.75, 3.05) is 6.61 Å². The predicted octanol–water partition coefficient (Wildman–Crippen LogP) is 2.86. The molecule has 20 heavy (non-hydrogen) atoms. The molecule has 2 rings (SSSR count). The van der Waals surface area contributed by atoms with E-state index in [1.807, 2.05) is 13.8 Å². The van der Waals surface area contributed by atoms with E-state index in [0.717, 1.165) is 5.69 Å². The van der Waals surface area contributed by atoms with Gasteiger partial charge >= 0.3 is 0 Å². The molecule has 0 unspecified atom stereocenters. The van der Waals surface area contributed by atoms with Crippen molar-refractivity contribution in [2.45, 2.75) is 25.9 Å². The van der Waals surface area contributed by atoms with Crippen molar-refractivity contribution in [1.82, 2.24) is 15.0 Å². The third-order valence-corrected chi connectivity index (χ3v) is 3.28. The van der Waals surface area contributed by atoms with Crippen LogP contribution < -0.4 is 10.5 Å². The van der Waals surface area contributed by atoms with Crippen LogP contribution >= 0.6 is 23.2 Å². The minimum absolute atomic E-state index is 0.386. The number of para-hydroxylation sites is 1. The number of nitrogens with two attached hydrogens (primary N) is 1. The molecule has 0 bridgehead atoms. The van der Waals surface area contributed by atoms with Crippen LogP contribution in [0.4, 0.5) is 0 Å². The number of nitrogens with zero attached hydrogens (tertiary/aromatic N) is 3. The molecule has 0 radical (unpaired) electrons. The first kappa shape index (κ1) is 15.1. The van der Waals surface area contributed by atoms with Gasteiger partial charge < -0.3 is 10.5 Å². The maximum absolute atomic E-state index is 6.01. The zero-order chi connectivity index (χ0) is 14.8. The summed E-state index contributed by atoms with van der Waals surface area (Å²) >= 11 is 12.0. The van der Waals surface area contributed by atoms with Crippen LogP contribution in [0.15, 0.2) is 24.4 Å². The Bertz CT molecular complexity index is 572. The van der Waals surface area contributed by atoms with E-state index in [0.29, 0.717) is 28.9 Å². The van der Waals surface area contributed by atoms with Gasteiger partial charge in [-0.1, -0.05) is 34.5 Å². The van der Waals surface area contributed by atoms with E-state index in [4.69, 9.17) is 33.7 Å². The van der Waals surface area contributed by atoms with Crippen molar-refractivity contribution in [3.8, 4) is 5.75 Å². The molecule has 0 spiro atoms. The van der Waals surface area contributed by atoms with Gasteiger partial charge in [0.2, 0.25) is 0 Å². The first-order valence-corrected chi connectivity index (χ1v) is 6.90. The van der Waals surface area contributed by atoms with E-state index >= 15 is 0 Å². The summed E-state index contributed by atoms with van der Waals surface area (Å²) in [5, 5.41) is 9.00. The van der Waals surface area contributed by atoms with Gasteiger partial charge in [0, 0.05) is 0 Å². The Morgan fingerprint density at radius 1 is 1.30 bits per heavy atom. The molecule has 7 heteroatoms. The average molecular weight is 315 g/mol. The summed E-state index contributed by atoms with van der Waals surface area (Å²) in [5.41, 5.74) is 6.17. The number of hydrogen-bond donors (Lipinski definition) is 1. The zero-order valence-electron chi connectivity index (χ0n) is 11.3. The van der Waals surface area contributed by atoms with Crippen LogP contribution in [-0.2, 0) is 12.1 Å². The average Bonchev–Trinajstić information content (AvgIpc) is 2.81. The fourth-order valence-corrected chi connectivity index (χ4v) is 2.07. The Morgan fingerprint density at radius 2 is 1.95 bits per heavy atom. The van der Waals surface area contributed by atoms with Crippen molar-refractivity contribution in [2.24, 2.45) is 5.73 Å². The van der Waals surface area contributed by atoms with Crippen molar-refractivity contribution >= 4 is 23.2 Å². The lowest BCUT2D eigenvalue weighted by Crippen LogP contribution is -2.29. The van der Waals surface area contributed by atoms with Gasteiger partial charge in [0.25, 0.3) is 0 Å². The highest BCUT2D eigenvalue weighted by Crippen LogP contribution is 2.32.